The fourth-order valence-electron chi connectivity index (χ4n) is 2.40. The quantitative estimate of drug-likeness (QED) is 0.743. The second-order valence-electron chi connectivity index (χ2n) is 5.08. The molecule has 0 saturated heterocycles. The zero-order chi connectivity index (χ0) is 14.5. The van der Waals surface area contributed by atoms with Gasteiger partial charge in [-0.15, -0.1) is 0 Å². The number of nitrogens with zero attached hydrogens (tertiary/aromatic N) is 1. The lowest BCUT2D eigenvalue weighted by molar-refractivity contribution is -0.0176. The Bertz CT molecular complexity index is 453. The maximum atomic E-state index is 9.75. The summed E-state index contributed by atoms with van der Waals surface area (Å²) in [6.07, 6.45) is -0.508. The molecule has 0 amide bonds. The molecular weight excluding hydrogens is 260 g/mol. The molecule has 1 heterocycles. The highest BCUT2D eigenvalue weighted by Gasteiger charge is 2.18. The molecule has 1 aromatic rings. The Morgan fingerprint density at radius 2 is 2.30 bits per heavy atom. The van der Waals surface area contributed by atoms with E-state index in [1.54, 1.807) is 7.11 Å². The maximum Gasteiger partial charge on any atom is 0.189 e. The van der Waals surface area contributed by atoms with Gasteiger partial charge in [0.1, 0.15) is 5.75 Å². The average Bonchev–Trinajstić information content (AvgIpc) is 2.38. The Hall–Kier alpha value is -1.34. The maximum absolute atomic E-state index is 9.75. The van der Waals surface area contributed by atoms with Crippen molar-refractivity contribution < 1.29 is 19.3 Å². The number of methoxy groups -OCH3 is 1. The Labute approximate surface area is 119 Å². The fourth-order valence-corrected chi connectivity index (χ4v) is 2.40. The number of likely N-dealkylation sites (N-methyl/N-ethyl adjacent to an activating group) is 1. The second kappa shape index (κ2) is 6.90. The number of nitrogen functional groups attached to an aromatic ring is 1. The summed E-state index contributed by atoms with van der Waals surface area (Å²) in [7, 11) is 3.51. The van der Waals surface area contributed by atoms with Gasteiger partial charge >= 0.3 is 0 Å². The number of aliphatic hydroxyl groups is 1. The van der Waals surface area contributed by atoms with E-state index in [0.29, 0.717) is 32.0 Å². The first kappa shape index (κ1) is 15.1. The Morgan fingerprint density at radius 3 is 3.05 bits per heavy atom. The largest absolute Gasteiger partial charge is 0.467 e. The van der Waals surface area contributed by atoms with Crippen molar-refractivity contribution in [3.05, 3.63) is 23.3 Å². The lowest BCUT2D eigenvalue weighted by Gasteiger charge is -2.25. The van der Waals surface area contributed by atoms with Gasteiger partial charge in [-0.2, -0.15) is 0 Å². The number of nitrogens with two attached hydrogens (primary N) is 1. The van der Waals surface area contributed by atoms with Gasteiger partial charge in [0.05, 0.1) is 19.3 Å². The van der Waals surface area contributed by atoms with Crippen molar-refractivity contribution in [2.24, 2.45) is 0 Å². The van der Waals surface area contributed by atoms with Crippen LogP contribution in [0.2, 0.25) is 0 Å². The second-order valence-corrected chi connectivity index (χ2v) is 5.08. The average molecular weight is 282 g/mol. The molecule has 0 spiro atoms. The summed E-state index contributed by atoms with van der Waals surface area (Å²) in [5, 5.41) is 9.75. The van der Waals surface area contributed by atoms with Gasteiger partial charge in [0.25, 0.3) is 0 Å². The van der Waals surface area contributed by atoms with Crippen LogP contribution in [-0.2, 0) is 22.6 Å². The van der Waals surface area contributed by atoms with Gasteiger partial charge in [-0.05, 0) is 19.2 Å². The van der Waals surface area contributed by atoms with E-state index >= 15 is 0 Å². The summed E-state index contributed by atoms with van der Waals surface area (Å²) in [6, 6.07) is 3.78. The SMILES string of the molecule is COCC(O)CN(C)Cc1cc(N)cc2c1OCOC2. The van der Waals surface area contributed by atoms with Crippen LogP contribution in [0.4, 0.5) is 5.69 Å². The molecule has 0 radical (unpaired) electrons. The highest BCUT2D eigenvalue weighted by Crippen LogP contribution is 2.31. The number of rotatable bonds is 6. The fraction of sp³-hybridized carbons (Fsp3) is 0.571. The van der Waals surface area contributed by atoms with Gasteiger partial charge in [0, 0.05) is 37.0 Å². The molecule has 3 N–H and O–H groups in total. The van der Waals surface area contributed by atoms with Crippen LogP contribution in [-0.4, -0.2) is 50.2 Å². The molecule has 6 nitrogen and oxygen atoms in total. The lowest BCUT2D eigenvalue weighted by Crippen LogP contribution is -2.32. The number of fused-ring (bicyclic) bond motifs is 1. The van der Waals surface area contributed by atoms with Crippen LogP contribution in [0.3, 0.4) is 0 Å². The van der Waals surface area contributed by atoms with Crippen molar-refractivity contribution in [3.8, 4) is 5.75 Å². The molecule has 2 rings (SSSR count). The van der Waals surface area contributed by atoms with Gasteiger partial charge < -0.3 is 25.1 Å². The number of benzene rings is 1. The zero-order valence-electron chi connectivity index (χ0n) is 12.0. The van der Waals surface area contributed by atoms with E-state index in [0.717, 1.165) is 16.9 Å². The van der Waals surface area contributed by atoms with E-state index in [-0.39, 0.29) is 6.79 Å². The Kier molecular flexibility index (Phi) is 5.19. The first-order valence-electron chi connectivity index (χ1n) is 6.57. The molecule has 1 aliphatic heterocycles. The monoisotopic (exact) mass is 282 g/mol. The van der Waals surface area contributed by atoms with Crippen molar-refractivity contribution >= 4 is 5.69 Å². The topological polar surface area (TPSA) is 77.2 Å². The zero-order valence-corrected chi connectivity index (χ0v) is 12.0. The van der Waals surface area contributed by atoms with Crippen LogP contribution in [0, 0.1) is 0 Å². The standard InChI is InChI=1S/C14H22N2O4/c1-16(6-13(17)8-18-2)5-10-3-12(15)4-11-7-19-9-20-14(10)11/h3-4,13,17H,5-9,15H2,1-2H3. The summed E-state index contributed by atoms with van der Waals surface area (Å²) in [4.78, 5) is 2.01. The minimum atomic E-state index is -0.508. The number of ether oxygens (including phenoxy) is 3. The lowest BCUT2D eigenvalue weighted by atomic mass is 10.1. The van der Waals surface area contributed by atoms with Crippen LogP contribution >= 0.6 is 0 Å². The number of hydrogen-bond acceptors (Lipinski definition) is 6. The minimum Gasteiger partial charge on any atom is -0.467 e. The van der Waals surface area contributed by atoms with Gasteiger partial charge in [-0.1, -0.05) is 0 Å². The first-order valence-corrected chi connectivity index (χ1v) is 6.57. The molecule has 1 unspecified atom stereocenters. The molecule has 1 aromatic carbocycles. The third-order valence-electron chi connectivity index (χ3n) is 3.13. The molecule has 1 atom stereocenters. The highest BCUT2D eigenvalue weighted by molar-refractivity contribution is 5.53. The molecule has 0 fully saturated rings. The Balaban J connectivity index is 2.06. The predicted octanol–water partition coefficient (Wildman–Crippen LogP) is 0.574. The van der Waals surface area contributed by atoms with Crippen LogP contribution in [0.15, 0.2) is 12.1 Å². The van der Waals surface area contributed by atoms with Crippen LogP contribution in [0.25, 0.3) is 0 Å². The van der Waals surface area contributed by atoms with E-state index < -0.39 is 6.10 Å². The molecule has 0 aliphatic carbocycles. The summed E-state index contributed by atoms with van der Waals surface area (Å²) < 4.78 is 15.8. The summed E-state index contributed by atoms with van der Waals surface area (Å²) >= 11 is 0. The third-order valence-corrected chi connectivity index (χ3v) is 3.13. The molecule has 1 aliphatic rings. The van der Waals surface area contributed by atoms with Crippen molar-refractivity contribution in [2.75, 3.05) is 39.8 Å². The van der Waals surface area contributed by atoms with E-state index in [2.05, 4.69) is 0 Å². The number of hydrogen-bond donors (Lipinski definition) is 2. The van der Waals surface area contributed by atoms with E-state index in [4.69, 9.17) is 19.9 Å². The summed E-state index contributed by atoms with van der Waals surface area (Å²) in [5.41, 5.74) is 8.58. The van der Waals surface area contributed by atoms with Crippen LogP contribution in [0.5, 0.6) is 5.75 Å². The van der Waals surface area contributed by atoms with E-state index in [1.807, 2.05) is 24.1 Å². The van der Waals surface area contributed by atoms with Gasteiger partial charge in [-0.25, -0.2) is 0 Å². The van der Waals surface area contributed by atoms with Crippen LogP contribution < -0.4 is 10.5 Å². The third kappa shape index (κ3) is 3.83. The molecule has 112 valence electrons. The van der Waals surface area contributed by atoms with Crippen LogP contribution in [0.1, 0.15) is 11.1 Å². The molecule has 6 heteroatoms. The van der Waals surface area contributed by atoms with Crippen molar-refractivity contribution in [3.63, 3.8) is 0 Å². The smallest absolute Gasteiger partial charge is 0.189 e. The molecule has 20 heavy (non-hydrogen) atoms. The summed E-state index contributed by atoms with van der Waals surface area (Å²) in [5.74, 6) is 0.846. The van der Waals surface area contributed by atoms with E-state index in [1.165, 1.54) is 0 Å². The molecular formula is C14H22N2O4. The first-order chi connectivity index (χ1) is 9.60. The van der Waals surface area contributed by atoms with Gasteiger partial charge in [-0.3, -0.25) is 4.90 Å². The number of anilines is 1. The normalized spacial score (nSPS) is 15.8. The molecule has 0 saturated carbocycles. The highest BCUT2D eigenvalue weighted by atomic mass is 16.7. The number of aliphatic hydroxyl groups excluding tert-OH is 1. The Morgan fingerprint density at radius 1 is 1.50 bits per heavy atom. The van der Waals surface area contributed by atoms with Crippen molar-refractivity contribution in [1.29, 1.82) is 0 Å². The minimum absolute atomic E-state index is 0.264. The van der Waals surface area contributed by atoms with Gasteiger partial charge in [0.15, 0.2) is 6.79 Å². The van der Waals surface area contributed by atoms with Gasteiger partial charge in [0.2, 0.25) is 0 Å². The van der Waals surface area contributed by atoms with Crippen molar-refractivity contribution in [2.45, 2.75) is 19.3 Å². The molecule has 0 aromatic heterocycles. The summed E-state index contributed by atoms with van der Waals surface area (Å²) in [6.45, 7) is 2.27. The predicted molar refractivity (Wildman–Crippen MR) is 75.4 cm³/mol. The molecule has 0 bridgehead atoms. The van der Waals surface area contributed by atoms with Crippen molar-refractivity contribution in [1.82, 2.24) is 4.90 Å². The van der Waals surface area contributed by atoms with E-state index in [9.17, 15) is 5.11 Å².